The largest absolute Gasteiger partial charge is 0.506 e. The average molecular weight is 399 g/mol. The lowest BCUT2D eigenvalue weighted by atomic mass is 10.0. The van der Waals surface area contributed by atoms with Gasteiger partial charge in [0.1, 0.15) is 5.75 Å². The molecule has 0 aliphatic rings. The van der Waals surface area contributed by atoms with Crippen LogP contribution in [0.2, 0.25) is 10.0 Å². The molecule has 0 atom stereocenters. The Morgan fingerprint density at radius 2 is 1.62 bits per heavy atom. The van der Waals surface area contributed by atoms with Gasteiger partial charge < -0.3 is 27.2 Å². The molecule has 2 aromatic carbocycles. The van der Waals surface area contributed by atoms with Crippen molar-refractivity contribution in [1.29, 1.82) is 0 Å². The third-order valence-electron chi connectivity index (χ3n) is 3.14. The van der Waals surface area contributed by atoms with E-state index in [1.807, 2.05) is 19.9 Å². The number of hydrogen-bond donors (Lipinski definition) is 5. The number of nitrogens with two attached hydrogens (primary N) is 2. The molecule has 0 aromatic heterocycles. The van der Waals surface area contributed by atoms with E-state index in [2.05, 4.69) is 22.1 Å². The van der Waals surface area contributed by atoms with Gasteiger partial charge in [-0.25, -0.2) is 9.59 Å². The number of amides is 4. The van der Waals surface area contributed by atoms with E-state index < -0.39 is 12.1 Å². The first-order chi connectivity index (χ1) is 12.1. The Morgan fingerprint density at radius 1 is 1.04 bits per heavy atom. The predicted octanol–water partition coefficient (Wildman–Crippen LogP) is 4.49. The fourth-order valence-electron chi connectivity index (χ4n) is 1.89. The Balaban J connectivity index is 0.000000765. The van der Waals surface area contributed by atoms with Gasteiger partial charge in [-0.2, -0.15) is 0 Å². The average Bonchev–Trinajstić information content (AvgIpc) is 2.53. The van der Waals surface area contributed by atoms with Gasteiger partial charge in [0.15, 0.2) is 0 Å². The van der Waals surface area contributed by atoms with Crippen molar-refractivity contribution in [2.24, 2.45) is 11.5 Å². The number of carbonyl (C=O) groups is 2. The molecule has 0 heterocycles. The zero-order valence-corrected chi connectivity index (χ0v) is 15.7. The lowest BCUT2D eigenvalue weighted by Gasteiger charge is -2.12. The van der Waals surface area contributed by atoms with Gasteiger partial charge in [-0.05, 0) is 35.7 Å². The van der Waals surface area contributed by atoms with Crippen molar-refractivity contribution in [3.63, 3.8) is 0 Å². The number of anilines is 2. The number of rotatable bonds is 3. The Morgan fingerprint density at radius 3 is 2.15 bits per heavy atom. The van der Waals surface area contributed by atoms with Crippen LogP contribution in [0.25, 0.3) is 0 Å². The number of hydrogen-bond acceptors (Lipinski definition) is 3. The molecule has 0 unspecified atom stereocenters. The summed E-state index contributed by atoms with van der Waals surface area (Å²) in [6, 6.07) is 8.73. The van der Waals surface area contributed by atoms with Crippen molar-refractivity contribution < 1.29 is 14.7 Å². The molecule has 0 spiro atoms. The zero-order valence-electron chi connectivity index (χ0n) is 14.2. The minimum atomic E-state index is -0.833. The number of phenolic OH excluding ortho intramolecular Hbond substituents is 1. The van der Waals surface area contributed by atoms with Crippen molar-refractivity contribution in [2.45, 2.75) is 19.8 Å². The summed E-state index contributed by atoms with van der Waals surface area (Å²) in [7, 11) is 0. The van der Waals surface area contributed by atoms with Crippen LogP contribution in [0.1, 0.15) is 25.3 Å². The van der Waals surface area contributed by atoms with Gasteiger partial charge in [-0.3, -0.25) is 0 Å². The maximum atomic E-state index is 12.0. The highest BCUT2D eigenvalue weighted by Gasteiger charge is 2.11. The molecule has 9 heteroatoms. The zero-order chi connectivity index (χ0) is 19.9. The van der Waals surface area contributed by atoms with E-state index >= 15 is 0 Å². The molecule has 0 saturated heterocycles. The second-order valence-corrected chi connectivity index (χ2v) is 6.30. The van der Waals surface area contributed by atoms with Crippen LogP contribution in [0.4, 0.5) is 21.0 Å². The highest BCUT2D eigenvalue weighted by molar-refractivity contribution is 6.44. The first-order valence-electron chi connectivity index (χ1n) is 7.51. The molecular weight excluding hydrogens is 379 g/mol. The second kappa shape index (κ2) is 9.74. The molecule has 4 amide bonds. The summed E-state index contributed by atoms with van der Waals surface area (Å²) in [6.45, 7) is 4.05. The van der Waals surface area contributed by atoms with Crippen LogP contribution in [-0.2, 0) is 0 Å². The maximum absolute atomic E-state index is 12.0. The van der Waals surface area contributed by atoms with Crippen LogP contribution < -0.4 is 22.1 Å². The van der Waals surface area contributed by atoms with E-state index in [4.69, 9.17) is 28.0 Å². The SMILES string of the molecule is CC(C)c1ccc(NC(=O)Nc2cccc(Cl)c2Cl)c(O)c1.NC(N)=O. The minimum absolute atomic E-state index is 0.0125. The number of halogens is 2. The molecule has 0 saturated carbocycles. The Kier molecular flexibility index (Phi) is 8.02. The van der Waals surface area contributed by atoms with Crippen molar-refractivity contribution in [1.82, 2.24) is 0 Å². The molecule has 0 aliphatic heterocycles. The van der Waals surface area contributed by atoms with Crippen molar-refractivity contribution in [3.8, 4) is 5.75 Å². The summed E-state index contributed by atoms with van der Waals surface area (Å²) < 4.78 is 0. The number of phenols is 1. The summed E-state index contributed by atoms with van der Waals surface area (Å²) in [5.74, 6) is 0.303. The van der Waals surface area contributed by atoms with E-state index in [-0.39, 0.29) is 10.8 Å². The number of nitrogens with one attached hydrogen (secondary N) is 2. The third kappa shape index (κ3) is 6.70. The maximum Gasteiger partial charge on any atom is 0.323 e. The van der Waals surface area contributed by atoms with Crippen LogP contribution >= 0.6 is 23.2 Å². The smallest absolute Gasteiger partial charge is 0.323 e. The molecular formula is C17H20Cl2N4O3. The van der Waals surface area contributed by atoms with Gasteiger partial charge in [0.05, 0.1) is 21.4 Å². The Hall–Kier alpha value is -2.64. The fourth-order valence-corrected chi connectivity index (χ4v) is 2.24. The minimum Gasteiger partial charge on any atom is -0.506 e. The molecule has 2 rings (SSSR count). The Bertz CT molecular complexity index is 794. The second-order valence-electron chi connectivity index (χ2n) is 5.51. The molecule has 7 N–H and O–H groups in total. The summed E-state index contributed by atoms with van der Waals surface area (Å²) in [4.78, 5) is 21.0. The highest BCUT2D eigenvalue weighted by atomic mass is 35.5. The van der Waals surface area contributed by atoms with Crippen LogP contribution in [0.3, 0.4) is 0 Å². The molecule has 0 radical (unpaired) electrons. The number of carbonyl (C=O) groups excluding carboxylic acids is 2. The first-order valence-corrected chi connectivity index (χ1v) is 8.27. The normalized spacial score (nSPS) is 9.88. The van der Waals surface area contributed by atoms with E-state index in [9.17, 15) is 9.90 Å². The summed E-state index contributed by atoms with van der Waals surface area (Å²) >= 11 is 11.9. The monoisotopic (exact) mass is 398 g/mol. The molecule has 0 bridgehead atoms. The number of urea groups is 2. The molecule has 26 heavy (non-hydrogen) atoms. The highest BCUT2D eigenvalue weighted by Crippen LogP contribution is 2.30. The lowest BCUT2D eigenvalue weighted by molar-refractivity contribution is 0.256. The van der Waals surface area contributed by atoms with Crippen LogP contribution in [-0.4, -0.2) is 17.2 Å². The molecule has 7 nitrogen and oxygen atoms in total. The van der Waals surface area contributed by atoms with Crippen LogP contribution in [0.5, 0.6) is 5.75 Å². The molecule has 0 fully saturated rings. The van der Waals surface area contributed by atoms with Crippen molar-refractivity contribution in [3.05, 3.63) is 52.0 Å². The van der Waals surface area contributed by atoms with Crippen LogP contribution in [0.15, 0.2) is 36.4 Å². The van der Waals surface area contributed by atoms with Gasteiger partial charge in [0.2, 0.25) is 0 Å². The number of benzene rings is 2. The molecule has 0 aliphatic carbocycles. The number of primary amides is 2. The molecule has 140 valence electrons. The topological polar surface area (TPSA) is 130 Å². The third-order valence-corrected chi connectivity index (χ3v) is 3.96. The van der Waals surface area contributed by atoms with Gasteiger partial charge >= 0.3 is 12.1 Å². The van der Waals surface area contributed by atoms with Gasteiger partial charge in [0, 0.05) is 0 Å². The van der Waals surface area contributed by atoms with E-state index in [1.54, 1.807) is 30.3 Å². The predicted molar refractivity (Wildman–Crippen MR) is 105 cm³/mol. The van der Waals surface area contributed by atoms with Gasteiger partial charge in [-0.15, -0.1) is 0 Å². The summed E-state index contributed by atoms with van der Waals surface area (Å²) in [5, 5.41) is 15.7. The van der Waals surface area contributed by atoms with Gasteiger partial charge in [-0.1, -0.05) is 49.2 Å². The summed E-state index contributed by atoms with van der Waals surface area (Å²) in [6.07, 6.45) is 0. The summed E-state index contributed by atoms with van der Waals surface area (Å²) in [5.41, 5.74) is 10.2. The molecule has 2 aromatic rings. The fraction of sp³-hybridized carbons (Fsp3) is 0.176. The standard InChI is InChI=1S/C16H16Cl2N2O2.CH4N2O/c1-9(2)10-6-7-12(14(21)8-10)19-16(22)20-13-5-3-4-11(17)15(13)18;2-1(3)4/h3-9,21H,1-2H3,(H2,19,20,22);(H4,2,3,4). The van der Waals surface area contributed by atoms with E-state index in [0.717, 1.165) is 5.56 Å². The van der Waals surface area contributed by atoms with Crippen molar-refractivity contribution in [2.75, 3.05) is 10.6 Å². The lowest BCUT2D eigenvalue weighted by Crippen LogP contribution is -2.19. The quantitative estimate of drug-likeness (QED) is 0.487. The number of aromatic hydroxyl groups is 1. The van der Waals surface area contributed by atoms with E-state index in [1.165, 1.54) is 0 Å². The Labute approximate surface area is 161 Å². The van der Waals surface area contributed by atoms with Crippen LogP contribution in [0, 0.1) is 0 Å². The van der Waals surface area contributed by atoms with Gasteiger partial charge in [0.25, 0.3) is 0 Å². The van der Waals surface area contributed by atoms with E-state index in [0.29, 0.717) is 22.3 Å². The van der Waals surface area contributed by atoms with Crippen molar-refractivity contribution >= 4 is 46.6 Å². The first kappa shape index (κ1) is 21.4.